The molecule has 0 saturated carbocycles. The van der Waals surface area contributed by atoms with E-state index in [1.54, 1.807) is 53.8 Å². The number of aromatic hydroxyl groups is 1. The number of aromatic nitrogens is 2. The average molecular weight is 516 g/mol. The van der Waals surface area contributed by atoms with Gasteiger partial charge in [-0.25, -0.2) is 9.37 Å². The van der Waals surface area contributed by atoms with Crippen molar-refractivity contribution >= 4 is 23.2 Å². The van der Waals surface area contributed by atoms with Gasteiger partial charge < -0.3 is 15.0 Å². The van der Waals surface area contributed by atoms with Crippen LogP contribution < -0.4 is 4.90 Å². The van der Waals surface area contributed by atoms with Crippen molar-refractivity contribution in [3.05, 3.63) is 101 Å². The summed E-state index contributed by atoms with van der Waals surface area (Å²) in [6.45, 7) is 1.10. The number of hydrogen-bond acceptors (Lipinski definition) is 5. The number of nitriles is 1. The third kappa shape index (κ3) is 5.19. The molecule has 1 atom stereocenters. The topological polar surface area (TPSA) is 96.2 Å². The van der Waals surface area contributed by atoms with Crippen LogP contribution in [0.15, 0.2) is 73.2 Å². The van der Waals surface area contributed by atoms with Gasteiger partial charge in [-0.1, -0.05) is 35.9 Å². The fourth-order valence-corrected chi connectivity index (χ4v) is 4.91. The molecule has 1 aromatic heterocycles. The van der Waals surface area contributed by atoms with E-state index in [2.05, 4.69) is 9.97 Å². The number of piperazine rings is 1. The molecule has 1 fully saturated rings. The Balaban J connectivity index is 1.41. The zero-order chi connectivity index (χ0) is 25.9. The number of aromatic amines is 1. The van der Waals surface area contributed by atoms with E-state index in [4.69, 9.17) is 16.9 Å². The number of nitrogens with one attached hydrogen (secondary N) is 1. The van der Waals surface area contributed by atoms with Gasteiger partial charge in [0.2, 0.25) is 5.91 Å². The van der Waals surface area contributed by atoms with Crippen LogP contribution in [0.25, 0.3) is 11.1 Å². The molecular formula is C28H23ClFN5O2. The molecule has 2 N–H and O–H groups in total. The number of imidazole rings is 1. The Labute approximate surface area is 218 Å². The number of benzene rings is 3. The third-order valence-electron chi connectivity index (χ3n) is 6.56. The number of anilines is 1. The van der Waals surface area contributed by atoms with Crippen molar-refractivity contribution in [2.75, 3.05) is 24.5 Å². The fraction of sp³-hybridized carbons (Fsp3) is 0.179. The van der Waals surface area contributed by atoms with E-state index in [9.17, 15) is 14.3 Å². The largest absolute Gasteiger partial charge is 0.508 e. The summed E-state index contributed by atoms with van der Waals surface area (Å²) < 4.78 is 14.3. The zero-order valence-electron chi connectivity index (χ0n) is 19.7. The fourth-order valence-electron chi connectivity index (χ4n) is 4.74. The smallest absolute Gasteiger partial charge is 0.241 e. The molecule has 0 aliphatic carbocycles. The summed E-state index contributed by atoms with van der Waals surface area (Å²) in [6.07, 6.45) is 3.72. The van der Waals surface area contributed by atoms with Crippen molar-refractivity contribution in [3.63, 3.8) is 0 Å². The lowest BCUT2D eigenvalue weighted by Crippen LogP contribution is -2.52. The number of hydrogen-bond donors (Lipinski definition) is 2. The molecule has 5 rings (SSSR count). The summed E-state index contributed by atoms with van der Waals surface area (Å²) in [5.41, 5.74) is 3.77. The first-order valence-corrected chi connectivity index (χ1v) is 12.1. The van der Waals surface area contributed by atoms with Crippen molar-refractivity contribution < 1.29 is 14.3 Å². The van der Waals surface area contributed by atoms with Gasteiger partial charge in [0.05, 0.1) is 35.9 Å². The molecule has 1 unspecified atom stereocenters. The minimum absolute atomic E-state index is 0.00491. The van der Waals surface area contributed by atoms with Gasteiger partial charge in [0.15, 0.2) is 0 Å². The Morgan fingerprint density at radius 3 is 2.73 bits per heavy atom. The maximum atomic E-state index is 14.3. The standard InChI is InChI=1S/C28H23ClFN5O2/c29-21-6-7-23(19-2-1-3-22(36)12-19)26(13-21)35-9-8-34(16-28(35)37)27(25-15-32-17-33-25)11-18-4-5-20(14-31)24(30)10-18/h1-7,10,12-13,15,17,27,36H,8-9,11,16H2,(H,32,33). The Morgan fingerprint density at radius 1 is 1.16 bits per heavy atom. The number of nitrogens with zero attached hydrogens (tertiary/aromatic N) is 4. The molecule has 0 spiro atoms. The number of halogens is 2. The first kappa shape index (κ1) is 24.5. The molecule has 1 amide bonds. The Morgan fingerprint density at radius 2 is 2.03 bits per heavy atom. The van der Waals surface area contributed by atoms with Crippen LogP contribution in [0.3, 0.4) is 0 Å². The molecule has 1 saturated heterocycles. The first-order valence-electron chi connectivity index (χ1n) is 11.7. The van der Waals surface area contributed by atoms with Gasteiger partial charge in [-0.2, -0.15) is 5.26 Å². The second-order valence-corrected chi connectivity index (χ2v) is 9.32. The molecule has 7 nitrogen and oxygen atoms in total. The second kappa shape index (κ2) is 10.4. The van der Waals surface area contributed by atoms with Crippen LogP contribution in [-0.4, -0.2) is 45.5 Å². The summed E-state index contributed by atoms with van der Waals surface area (Å²) in [7, 11) is 0. The van der Waals surface area contributed by atoms with Crippen molar-refractivity contribution in [2.45, 2.75) is 12.5 Å². The lowest BCUT2D eigenvalue weighted by Gasteiger charge is -2.39. The highest BCUT2D eigenvalue weighted by Crippen LogP contribution is 2.36. The maximum Gasteiger partial charge on any atom is 0.241 e. The number of phenolic OH excluding ortho intramolecular Hbond substituents is 1. The van der Waals surface area contributed by atoms with Gasteiger partial charge in [-0.3, -0.25) is 9.69 Å². The zero-order valence-corrected chi connectivity index (χ0v) is 20.5. The van der Waals surface area contributed by atoms with Crippen molar-refractivity contribution in [2.24, 2.45) is 0 Å². The molecule has 37 heavy (non-hydrogen) atoms. The highest BCUT2D eigenvalue weighted by atomic mass is 35.5. The van der Waals surface area contributed by atoms with E-state index in [1.165, 1.54) is 12.1 Å². The van der Waals surface area contributed by atoms with Gasteiger partial charge in [0, 0.05) is 29.9 Å². The Bertz CT molecular complexity index is 1480. The lowest BCUT2D eigenvalue weighted by molar-refractivity contribution is -0.122. The van der Waals surface area contributed by atoms with E-state index in [-0.39, 0.29) is 29.8 Å². The average Bonchev–Trinajstić information content (AvgIpc) is 3.42. The Kier molecular flexibility index (Phi) is 6.91. The van der Waals surface area contributed by atoms with Gasteiger partial charge in [-0.05, 0) is 53.9 Å². The van der Waals surface area contributed by atoms with E-state index in [0.29, 0.717) is 35.8 Å². The van der Waals surface area contributed by atoms with Crippen LogP contribution >= 0.6 is 11.6 Å². The van der Waals surface area contributed by atoms with Gasteiger partial charge in [-0.15, -0.1) is 0 Å². The van der Waals surface area contributed by atoms with E-state index in [1.807, 2.05) is 23.1 Å². The Hall–Kier alpha value is -4.19. The minimum atomic E-state index is -0.565. The number of H-pyrrole nitrogens is 1. The summed E-state index contributed by atoms with van der Waals surface area (Å²) >= 11 is 6.31. The molecule has 1 aliphatic rings. The SMILES string of the molecule is N#Cc1ccc(CC(c2cnc[nH]2)N2CCN(c3cc(Cl)ccc3-c3cccc(O)c3)C(=O)C2)cc1F. The lowest BCUT2D eigenvalue weighted by atomic mass is 9.99. The number of rotatable bonds is 6. The maximum absolute atomic E-state index is 14.3. The van der Waals surface area contributed by atoms with E-state index < -0.39 is 5.82 Å². The highest BCUT2D eigenvalue weighted by Gasteiger charge is 2.32. The number of carbonyl (C=O) groups excluding carboxylic acids is 1. The minimum Gasteiger partial charge on any atom is -0.508 e. The quantitative estimate of drug-likeness (QED) is 0.373. The van der Waals surface area contributed by atoms with Crippen LogP contribution in [0.2, 0.25) is 5.02 Å². The summed E-state index contributed by atoms with van der Waals surface area (Å²) in [5, 5.41) is 19.5. The second-order valence-electron chi connectivity index (χ2n) is 8.88. The van der Waals surface area contributed by atoms with Crippen LogP contribution in [0.4, 0.5) is 10.1 Å². The predicted octanol–water partition coefficient (Wildman–Crippen LogP) is 5.08. The summed E-state index contributed by atoms with van der Waals surface area (Å²) in [4.78, 5) is 24.5. The summed E-state index contributed by atoms with van der Waals surface area (Å²) in [5.74, 6) is -0.536. The predicted molar refractivity (Wildman–Crippen MR) is 139 cm³/mol. The number of phenols is 1. The van der Waals surface area contributed by atoms with E-state index in [0.717, 1.165) is 16.8 Å². The first-order chi connectivity index (χ1) is 17.9. The van der Waals surface area contributed by atoms with Crippen molar-refractivity contribution in [3.8, 4) is 22.9 Å². The molecule has 3 aromatic carbocycles. The molecule has 0 radical (unpaired) electrons. The van der Waals surface area contributed by atoms with Gasteiger partial charge in [0.1, 0.15) is 17.6 Å². The van der Waals surface area contributed by atoms with Gasteiger partial charge in [0.25, 0.3) is 0 Å². The summed E-state index contributed by atoms with van der Waals surface area (Å²) in [6, 6.07) is 18.4. The molecule has 2 heterocycles. The van der Waals surface area contributed by atoms with Gasteiger partial charge >= 0.3 is 0 Å². The monoisotopic (exact) mass is 515 g/mol. The van der Waals surface area contributed by atoms with Crippen molar-refractivity contribution in [1.29, 1.82) is 5.26 Å². The molecule has 9 heteroatoms. The molecule has 1 aliphatic heterocycles. The van der Waals surface area contributed by atoms with Crippen LogP contribution in [0.1, 0.15) is 22.9 Å². The van der Waals surface area contributed by atoms with Crippen LogP contribution in [-0.2, 0) is 11.2 Å². The molecule has 4 aromatic rings. The van der Waals surface area contributed by atoms with Crippen molar-refractivity contribution in [1.82, 2.24) is 14.9 Å². The molecule has 0 bridgehead atoms. The molecular weight excluding hydrogens is 493 g/mol. The number of amides is 1. The molecule has 186 valence electrons. The van der Waals surface area contributed by atoms with Crippen LogP contribution in [0, 0.1) is 17.1 Å². The highest BCUT2D eigenvalue weighted by molar-refractivity contribution is 6.31. The van der Waals surface area contributed by atoms with Crippen LogP contribution in [0.5, 0.6) is 5.75 Å². The third-order valence-corrected chi connectivity index (χ3v) is 6.80. The number of carbonyl (C=O) groups is 1. The normalized spacial score (nSPS) is 14.9. The van der Waals surface area contributed by atoms with E-state index >= 15 is 0 Å².